The molecule has 21 heavy (non-hydrogen) atoms. The Balaban J connectivity index is 2.08. The second-order valence-electron chi connectivity index (χ2n) is 5.69. The Morgan fingerprint density at radius 1 is 1.48 bits per heavy atom. The number of piperidine rings is 1. The van der Waals surface area contributed by atoms with Crippen LogP contribution in [0.4, 0.5) is 8.78 Å². The molecule has 116 valence electrons. The number of rotatable bonds is 3. The lowest BCUT2D eigenvalue weighted by molar-refractivity contribution is -0.148. The third-order valence-electron chi connectivity index (χ3n) is 3.90. The van der Waals surface area contributed by atoms with Crippen molar-refractivity contribution in [2.45, 2.75) is 25.3 Å². The van der Waals surface area contributed by atoms with Crippen LogP contribution in [0.3, 0.4) is 0 Å². The minimum absolute atomic E-state index is 0.142. The van der Waals surface area contributed by atoms with Crippen molar-refractivity contribution in [2.24, 2.45) is 5.92 Å². The molecule has 1 heterocycles. The molecule has 2 atom stereocenters. The summed E-state index contributed by atoms with van der Waals surface area (Å²) in [6.07, 6.45) is 0.676. The fourth-order valence-corrected chi connectivity index (χ4v) is 2.83. The number of halogens is 3. The number of nitrogens with one attached hydrogen (secondary N) is 1. The van der Waals surface area contributed by atoms with Crippen LogP contribution in [-0.2, 0) is 10.7 Å². The average molecular weight is 317 g/mol. The van der Waals surface area contributed by atoms with Gasteiger partial charge in [0.2, 0.25) is 0 Å². The first-order valence-electron chi connectivity index (χ1n) is 6.94. The van der Waals surface area contributed by atoms with Crippen molar-refractivity contribution in [3.8, 4) is 0 Å². The van der Waals surface area contributed by atoms with E-state index in [4.69, 9.17) is 11.6 Å². The second-order valence-corrected chi connectivity index (χ2v) is 6.13. The molecule has 6 heteroatoms. The maximum atomic E-state index is 14.2. The van der Waals surface area contributed by atoms with Crippen LogP contribution in [-0.4, -0.2) is 37.0 Å². The lowest BCUT2D eigenvalue weighted by Gasteiger charge is -2.35. The van der Waals surface area contributed by atoms with Crippen LogP contribution in [0.15, 0.2) is 24.3 Å². The lowest BCUT2D eigenvalue weighted by Crippen LogP contribution is -2.52. The van der Waals surface area contributed by atoms with E-state index in [0.29, 0.717) is 6.42 Å². The maximum absolute atomic E-state index is 14.2. The highest BCUT2D eigenvalue weighted by molar-refractivity contribution is 6.30. The van der Waals surface area contributed by atoms with Crippen molar-refractivity contribution in [2.75, 3.05) is 20.1 Å². The van der Waals surface area contributed by atoms with Gasteiger partial charge in [-0.3, -0.25) is 4.79 Å². The Morgan fingerprint density at radius 3 is 2.81 bits per heavy atom. The number of likely N-dealkylation sites (tertiary alicyclic amines) is 1. The normalized spacial score (nSPS) is 23.9. The van der Waals surface area contributed by atoms with Crippen LogP contribution >= 0.6 is 11.6 Å². The fraction of sp³-hybridized carbons (Fsp3) is 0.533. The molecule has 1 aliphatic heterocycles. The van der Waals surface area contributed by atoms with Gasteiger partial charge in [-0.2, -0.15) is 8.78 Å². The van der Waals surface area contributed by atoms with Crippen molar-refractivity contribution in [1.82, 2.24) is 10.2 Å². The zero-order valence-electron chi connectivity index (χ0n) is 12.1. The largest absolute Gasteiger partial charge is 0.349 e. The van der Waals surface area contributed by atoms with Gasteiger partial charge in [0.1, 0.15) is 0 Å². The highest BCUT2D eigenvalue weighted by Crippen LogP contribution is 2.30. The lowest BCUT2D eigenvalue weighted by atomic mass is 9.93. The predicted octanol–water partition coefficient (Wildman–Crippen LogP) is 2.89. The van der Waals surface area contributed by atoms with Crippen molar-refractivity contribution in [3.63, 3.8) is 0 Å². The van der Waals surface area contributed by atoms with Crippen LogP contribution in [0.25, 0.3) is 0 Å². The molecule has 2 rings (SSSR count). The van der Waals surface area contributed by atoms with Gasteiger partial charge in [-0.1, -0.05) is 30.7 Å². The molecular weight excluding hydrogens is 298 g/mol. The van der Waals surface area contributed by atoms with Crippen LogP contribution in [0.5, 0.6) is 0 Å². The molecule has 1 saturated heterocycles. The molecule has 0 aromatic heterocycles. The Kier molecular flexibility index (Phi) is 4.84. The molecular formula is C15H19ClF2N2O. The number of hydrogen-bond acceptors (Lipinski definition) is 2. The van der Waals surface area contributed by atoms with E-state index < -0.39 is 11.8 Å². The van der Waals surface area contributed by atoms with Crippen LogP contribution in [0.1, 0.15) is 18.9 Å². The summed E-state index contributed by atoms with van der Waals surface area (Å²) in [4.78, 5) is 14.1. The molecule has 0 spiro atoms. The van der Waals surface area contributed by atoms with Crippen molar-refractivity contribution >= 4 is 17.5 Å². The van der Waals surface area contributed by atoms with E-state index >= 15 is 0 Å². The standard InChI is InChI=1S/C15H19ClF2N2O/c1-10-9-20(2)7-6-13(10)19-14(21)15(17,18)11-4-3-5-12(16)8-11/h3-5,8,10,13H,6-7,9H2,1-2H3,(H,19,21). The molecule has 1 aliphatic rings. The second kappa shape index (κ2) is 6.28. The number of hydrogen-bond donors (Lipinski definition) is 1. The van der Waals surface area contributed by atoms with E-state index in [2.05, 4.69) is 10.2 Å². The van der Waals surface area contributed by atoms with Gasteiger partial charge >= 0.3 is 5.92 Å². The quantitative estimate of drug-likeness (QED) is 0.930. The van der Waals surface area contributed by atoms with Crippen molar-refractivity contribution < 1.29 is 13.6 Å². The first kappa shape index (κ1) is 16.2. The summed E-state index contributed by atoms with van der Waals surface area (Å²) in [5.41, 5.74) is -0.381. The van der Waals surface area contributed by atoms with Gasteiger partial charge in [0.15, 0.2) is 0 Å². The van der Waals surface area contributed by atoms with E-state index in [9.17, 15) is 13.6 Å². The molecule has 0 aliphatic carbocycles. The van der Waals surface area contributed by atoms with Gasteiger partial charge in [-0.05, 0) is 38.1 Å². The fourth-order valence-electron chi connectivity index (χ4n) is 2.64. The van der Waals surface area contributed by atoms with Gasteiger partial charge in [-0.25, -0.2) is 0 Å². The number of nitrogens with zero attached hydrogens (tertiary/aromatic N) is 1. The Labute approximate surface area is 128 Å². The molecule has 1 aromatic carbocycles. The van der Waals surface area contributed by atoms with Gasteiger partial charge in [0.25, 0.3) is 5.91 Å². The third kappa shape index (κ3) is 3.71. The first-order valence-corrected chi connectivity index (χ1v) is 7.32. The number of carbonyl (C=O) groups excluding carboxylic acids is 1. The van der Waals surface area contributed by atoms with Crippen LogP contribution in [0, 0.1) is 5.92 Å². The smallest absolute Gasteiger partial charge is 0.347 e. The summed E-state index contributed by atoms with van der Waals surface area (Å²) in [5, 5.41) is 2.68. The zero-order valence-corrected chi connectivity index (χ0v) is 12.8. The molecule has 0 saturated carbocycles. The monoisotopic (exact) mass is 316 g/mol. The van der Waals surface area contributed by atoms with Crippen molar-refractivity contribution in [1.29, 1.82) is 0 Å². The Bertz CT molecular complexity index is 524. The summed E-state index contributed by atoms with van der Waals surface area (Å²) in [6, 6.07) is 5.02. The minimum atomic E-state index is -3.58. The number of carbonyl (C=O) groups is 1. The molecule has 1 fully saturated rings. The highest BCUT2D eigenvalue weighted by atomic mass is 35.5. The average Bonchev–Trinajstić information content (AvgIpc) is 2.41. The Morgan fingerprint density at radius 2 is 2.19 bits per heavy atom. The van der Waals surface area contributed by atoms with E-state index in [-0.39, 0.29) is 22.5 Å². The molecule has 1 N–H and O–H groups in total. The van der Waals surface area contributed by atoms with E-state index in [1.807, 2.05) is 14.0 Å². The molecule has 3 nitrogen and oxygen atoms in total. The van der Waals surface area contributed by atoms with Crippen LogP contribution in [0.2, 0.25) is 5.02 Å². The summed E-state index contributed by atoms with van der Waals surface area (Å²) in [5.74, 6) is -4.69. The maximum Gasteiger partial charge on any atom is 0.349 e. The summed E-state index contributed by atoms with van der Waals surface area (Å²) in [6.45, 7) is 3.53. The summed E-state index contributed by atoms with van der Waals surface area (Å²) >= 11 is 5.72. The van der Waals surface area contributed by atoms with E-state index in [0.717, 1.165) is 19.2 Å². The zero-order chi connectivity index (χ0) is 15.6. The SMILES string of the molecule is CC1CN(C)CCC1NC(=O)C(F)(F)c1cccc(Cl)c1. The third-order valence-corrected chi connectivity index (χ3v) is 4.13. The van der Waals surface area contributed by atoms with Gasteiger partial charge in [-0.15, -0.1) is 0 Å². The van der Waals surface area contributed by atoms with Gasteiger partial charge in [0.05, 0.1) is 0 Å². The predicted molar refractivity (Wildman–Crippen MR) is 78.6 cm³/mol. The first-order chi connectivity index (χ1) is 9.80. The molecule has 1 amide bonds. The summed E-state index contributed by atoms with van der Waals surface area (Å²) < 4.78 is 28.4. The van der Waals surface area contributed by atoms with Gasteiger partial charge in [0, 0.05) is 23.2 Å². The highest BCUT2D eigenvalue weighted by Gasteiger charge is 2.42. The van der Waals surface area contributed by atoms with Gasteiger partial charge < -0.3 is 10.2 Å². The summed E-state index contributed by atoms with van der Waals surface area (Å²) in [7, 11) is 1.98. The van der Waals surface area contributed by atoms with E-state index in [1.54, 1.807) is 0 Å². The molecule has 1 aromatic rings. The van der Waals surface area contributed by atoms with Crippen molar-refractivity contribution in [3.05, 3.63) is 34.9 Å². The van der Waals surface area contributed by atoms with Crippen LogP contribution < -0.4 is 5.32 Å². The molecule has 2 unspecified atom stereocenters. The molecule has 0 radical (unpaired) electrons. The number of alkyl halides is 2. The minimum Gasteiger partial charge on any atom is -0.347 e. The number of amides is 1. The molecule has 0 bridgehead atoms. The topological polar surface area (TPSA) is 32.3 Å². The number of benzene rings is 1. The van der Waals surface area contributed by atoms with E-state index in [1.165, 1.54) is 18.2 Å². The Hall–Kier alpha value is -1.20.